The second-order valence-electron chi connectivity index (χ2n) is 9.55. The van der Waals surface area contributed by atoms with Crippen LogP contribution < -0.4 is 5.56 Å². The molecule has 3 aliphatic rings. The summed E-state index contributed by atoms with van der Waals surface area (Å²) in [4.78, 5) is 38.8. The summed E-state index contributed by atoms with van der Waals surface area (Å²) < 4.78 is 1.86. The van der Waals surface area contributed by atoms with Crippen LogP contribution >= 0.6 is 0 Å². The van der Waals surface area contributed by atoms with E-state index in [0.717, 1.165) is 89.2 Å². The number of rotatable bonds is 4. The fourth-order valence-electron chi connectivity index (χ4n) is 5.55. The maximum atomic E-state index is 12.9. The highest BCUT2D eigenvalue weighted by molar-refractivity contribution is 5.78. The molecule has 0 radical (unpaired) electrons. The molecule has 1 unspecified atom stereocenters. The van der Waals surface area contributed by atoms with Gasteiger partial charge in [-0.2, -0.15) is 0 Å². The van der Waals surface area contributed by atoms with Gasteiger partial charge in [-0.05, 0) is 62.3 Å². The van der Waals surface area contributed by atoms with Crippen LogP contribution in [0.3, 0.4) is 0 Å². The number of aromatic nitrogens is 3. The lowest BCUT2D eigenvalue weighted by Crippen LogP contribution is -2.43. The van der Waals surface area contributed by atoms with Crippen LogP contribution in [0.15, 0.2) is 35.4 Å². The Morgan fingerprint density at radius 1 is 0.969 bits per heavy atom. The molecule has 5 heterocycles. The number of pyridine rings is 1. The van der Waals surface area contributed by atoms with Crippen molar-refractivity contribution < 1.29 is 4.79 Å². The third-order valence-electron chi connectivity index (χ3n) is 7.46. The molecule has 0 spiro atoms. The molecule has 1 atom stereocenters. The summed E-state index contributed by atoms with van der Waals surface area (Å²) >= 11 is 0. The first kappa shape index (κ1) is 21.3. The van der Waals surface area contributed by atoms with Gasteiger partial charge in [-0.15, -0.1) is 0 Å². The zero-order valence-electron chi connectivity index (χ0n) is 18.8. The minimum absolute atomic E-state index is 0.0958. The van der Waals surface area contributed by atoms with E-state index in [-0.39, 0.29) is 17.4 Å². The third kappa shape index (κ3) is 4.63. The fourth-order valence-corrected chi connectivity index (χ4v) is 5.55. The Kier molecular flexibility index (Phi) is 6.35. The van der Waals surface area contributed by atoms with E-state index in [1.165, 1.54) is 5.56 Å². The lowest BCUT2D eigenvalue weighted by atomic mass is 9.90. The summed E-state index contributed by atoms with van der Waals surface area (Å²) in [7, 11) is 0. The van der Waals surface area contributed by atoms with E-state index in [1.54, 1.807) is 6.07 Å². The van der Waals surface area contributed by atoms with E-state index in [9.17, 15) is 9.59 Å². The van der Waals surface area contributed by atoms with E-state index >= 15 is 0 Å². The molecule has 2 aromatic rings. The van der Waals surface area contributed by atoms with E-state index in [2.05, 4.69) is 22.0 Å². The van der Waals surface area contributed by atoms with E-state index in [4.69, 9.17) is 4.98 Å². The highest BCUT2D eigenvalue weighted by Gasteiger charge is 2.30. The molecule has 0 aliphatic carbocycles. The second kappa shape index (κ2) is 9.53. The first-order valence-electron chi connectivity index (χ1n) is 12.2. The quantitative estimate of drug-likeness (QED) is 0.738. The second-order valence-corrected chi connectivity index (χ2v) is 9.55. The van der Waals surface area contributed by atoms with Crippen molar-refractivity contribution in [3.63, 3.8) is 0 Å². The Morgan fingerprint density at radius 3 is 2.56 bits per heavy atom. The Balaban J connectivity index is 1.15. The van der Waals surface area contributed by atoms with Gasteiger partial charge >= 0.3 is 0 Å². The van der Waals surface area contributed by atoms with Crippen LogP contribution in [0.1, 0.15) is 67.4 Å². The molecule has 170 valence electrons. The van der Waals surface area contributed by atoms with Crippen molar-refractivity contribution in [1.82, 2.24) is 24.3 Å². The van der Waals surface area contributed by atoms with Gasteiger partial charge in [0.1, 0.15) is 5.82 Å². The highest BCUT2D eigenvalue weighted by atomic mass is 16.2. The van der Waals surface area contributed by atoms with Gasteiger partial charge in [0, 0.05) is 57.0 Å². The lowest BCUT2D eigenvalue weighted by molar-refractivity contribution is -0.133. The van der Waals surface area contributed by atoms with Gasteiger partial charge in [0.25, 0.3) is 5.56 Å². The van der Waals surface area contributed by atoms with E-state index in [1.807, 2.05) is 21.9 Å². The molecule has 3 aliphatic heterocycles. The minimum atomic E-state index is 0.0958. The number of likely N-dealkylation sites (tertiary alicyclic amines) is 2. The van der Waals surface area contributed by atoms with Crippen molar-refractivity contribution in [3.05, 3.63) is 58.0 Å². The fraction of sp³-hybridized carbons (Fsp3) is 0.600. The molecule has 1 amide bonds. The molecule has 0 aromatic carbocycles. The lowest BCUT2D eigenvalue weighted by Gasteiger charge is -2.33. The number of aryl methyl sites for hydroxylation is 1. The first-order valence-corrected chi connectivity index (χ1v) is 12.2. The number of hydrogen-bond donors (Lipinski definition) is 0. The summed E-state index contributed by atoms with van der Waals surface area (Å²) in [5.74, 6) is 1.96. The van der Waals surface area contributed by atoms with Gasteiger partial charge in [0.05, 0.1) is 12.2 Å². The van der Waals surface area contributed by atoms with Crippen LogP contribution in [-0.2, 0) is 17.8 Å². The summed E-state index contributed by atoms with van der Waals surface area (Å²) in [5, 5.41) is 0. The zero-order valence-corrected chi connectivity index (χ0v) is 18.8. The summed E-state index contributed by atoms with van der Waals surface area (Å²) in [6.45, 7) is 4.63. The van der Waals surface area contributed by atoms with Crippen LogP contribution in [0, 0.1) is 0 Å². The maximum Gasteiger partial charge on any atom is 0.253 e. The largest absolute Gasteiger partial charge is 0.342 e. The van der Waals surface area contributed by atoms with Crippen LogP contribution in [0.4, 0.5) is 0 Å². The smallest absolute Gasteiger partial charge is 0.253 e. The number of piperidine rings is 1. The Labute approximate surface area is 189 Å². The van der Waals surface area contributed by atoms with Crippen LogP contribution in [0.5, 0.6) is 0 Å². The minimum Gasteiger partial charge on any atom is -0.342 e. The molecule has 2 saturated heterocycles. The molecule has 2 aromatic heterocycles. The number of nitrogens with zero attached hydrogens (tertiary/aromatic N) is 5. The number of carbonyl (C=O) groups is 1. The Morgan fingerprint density at radius 2 is 1.75 bits per heavy atom. The van der Waals surface area contributed by atoms with E-state index in [0.29, 0.717) is 12.5 Å². The summed E-state index contributed by atoms with van der Waals surface area (Å²) in [5.41, 5.74) is 2.36. The van der Waals surface area contributed by atoms with Gasteiger partial charge in [0.15, 0.2) is 0 Å². The zero-order chi connectivity index (χ0) is 21.9. The molecule has 0 saturated carbocycles. The van der Waals surface area contributed by atoms with Crippen LogP contribution in [0.2, 0.25) is 0 Å². The number of fused-ring (bicyclic) bond motifs is 1. The summed E-state index contributed by atoms with van der Waals surface area (Å²) in [6, 6.07) is 5.93. The third-order valence-corrected chi connectivity index (χ3v) is 7.46. The SMILES string of the molecule is O=C(CN1CCC(c2cc(=O)n3c(n2)CCCCC3)C1)N1CCC(c2ccncc2)CC1. The Hall–Kier alpha value is -2.54. The molecule has 7 heteroatoms. The highest BCUT2D eigenvalue weighted by Crippen LogP contribution is 2.29. The van der Waals surface area contributed by atoms with Gasteiger partial charge in [0.2, 0.25) is 5.91 Å². The van der Waals surface area contributed by atoms with Crippen molar-refractivity contribution >= 4 is 5.91 Å². The molecule has 32 heavy (non-hydrogen) atoms. The van der Waals surface area contributed by atoms with Gasteiger partial charge in [-0.25, -0.2) is 4.98 Å². The predicted molar refractivity (Wildman–Crippen MR) is 123 cm³/mol. The van der Waals surface area contributed by atoms with Gasteiger partial charge in [-0.1, -0.05) is 6.42 Å². The Bertz CT molecular complexity index is 997. The van der Waals surface area contributed by atoms with Crippen molar-refractivity contribution in [2.75, 3.05) is 32.7 Å². The standard InChI is InChI=1S/C25H33N5O2/c31-24-16-22(27-23-4-2-1-3-12-30(23)24)21-7-13-28(17-21)18-25(32)29-14-8-20(9-15-29)19-5-10-26-11-6-19/h5-6,10-11,16,20-21H,1-4,7-9,12-15,17-18H2. The van der Waals surface area contributed by atoms with Crippen molar-refractivity contribution in [3.8, 4) is 0 Å². The van der Waals surface area contributed by atoms with Gasteiger partial charge < -0.3 is 4.90 Å². The van der Waals surface area contributed by atoms with Crippen molar-refractivity contribution in [2.24, 2.45) is 0 Å². The summed E-state index contributed by atoms with van der Waals surface area (Å²) in [6.07, 6.45) is 10.9. The van der Waals surface area contributed by atoms with Crippen LogP contribution in [0.25, 0.3) is 0 Å². The van der Waals surface area contributed by atoms with Gasteiger partial charge in [-0.3, -0.25) is 24.0 Å². The number of carbonyl (C=O) groups excluding carboxylic acids is 1. The first-order chi connectivity index (χ1) is 15.7. The predicted octanol–water partition coefficient (Wildman–Crippen LogP) is 2.56. The molecule has 0 N–H and O–H groups in total. The molecule has 5 rings (SSSR count). The van der Waals surface area contributed by atoms with Crippen molar-refractivity contribution in [1.29, 1.82) is 0 Å². The topological polar surface area (TPSA) is 71.3 Å². The molecule has 2 fully saturated rings. The molecule has 0 bridgehead atoms. The molecule has 7 nitrogen and oxygen atoms in total. The number of amides is 1. The maximum absolute atomic E-state index is 12.9. The van der Waals surface area contributed by atoms with Crippen molar-refractivity contribution in [2.45, 2.75) is 63.3 Å². The number of hydrogen-bond acceptors (Lipinski definition) is 5. The van der Waals surface area contributed by atoms with E-state index < -0.39 is 0 Å². The molecular formula is C25H33N5O2. The van der Waals surface area contributed by atoms with Crippen LogP contribution in [-0.4, -0.2) is 63.0 Å². The average molecular weight is 436 g/mol. The molecular weight excluding hydrogens is 402 g/mol. The normalized spacial score (nSPS) is 22.5. The average Bonchev–Trinajstić information content (AvgIpc) is 3.15. The monoisotopic (exact) mass is 435 g/mol.